The molecule has 0 bridgehead atoms. The largest absolute Gasteiger partial charge is 0.379 e. The molecule has 2 aliphatic rings. The fourth-order valence-electron chi connectivity index (χ4n) is 5.73. The molecule has 0 aliphatic carbocycles. The minimum absolute atomic E-state index is 0.136. The maximum absolute atomic E-state index is 14.1. The van der Waals surface area contributed by atoms with Crippen molar-refractivity contribution in [2.45, 2.75) is 45.3 Å². The first-order chi connectivity index (χ1) is 19.4. The van der Waals surface area contributed by atoms with E-state index in [0.717, 1.165) is 51.5 Å². The Morgan fingerprint density at radius 3 is 2.65 bits per heavy atom. The number of carbonyl (C=O) groups is 1. The van der Waals surface area contributed by atoms with E-state index in [1.807, 2.05) is 18.2 Å². The number of aryl methyl sites for hydroxylation is 1. The minimum Gasteiger partial charge on any atom is -0.379 e. The number of carbonyl (C=O) groups excluding carboxylic acids is 1. The summed E-state index contributed by atoms with van der Waals surface area (Å²) < 4.78 is 21.9. The Bertz CT molecular complexity index is 1330. The minimum atomic E-state index is -0.455. The van der Waals surface area contributed by atoms with Crippen LogP contribution in [0.4, 0.5) is 10.1 Å². The van der Waals surface area contributed by atoms with E-state index in [0.29, 0.717) is 11.7 Å². The van der Waals surface area contributed by atoms with E-state index in [4.69, 9.17) is 17.0 Å². The molecule has 3 aromatic rings. The maximum Gasteiger partial charge on any atom is 0.226 e. The Hall–Kier alpha value is -3.34. The third-order valence-corrected chi connectivity index (χ3v) is 8.17. The van der Waals surface area contributed by atoms with Crippen LogP contribution in [0.15, 0.2) is 54.7 Å². The molecule has 212 valence electrons. The molecule has 2 atom stereocenters. The first-order valence-electron chi connectivity index (χ1n) is 13.9. The van der Waals surface area contributed by atoms with Crippen LogP contribution in [0.3, 0.4) is 0 Å². The van der Waals surface area contributed by atoms with Crippen LogP contribution in [0.2, 0.25) is 0 Å². The van der Waals surface area contributed by atoms with Gasteiger partial charge in [-0.2, -0.15) is 0 Å². The quantitative estimate of drug-likeness (QED) is 0.355. The Labute approximate surface area is 240 Å². The van der Waals surface area contributed by atoms with Gasteiger partial charge in [-0.15, -0.1) is 0 Å². The van der Waals surface area contributed by atoms with Crippen molar-refractivity contribution in [2.24, 2.45) is 0 Å². The summed E-state index contributed by atoms with van der Waals surface area (Å²) in [5.41, 5.74) is 4.63. The lowest BCUT2D eigenvalue weighted by atomic mass is 9.96. The van der Waals surface area contributed by atoms with Crippen LogP contribution in [-0.4, -0.2) is 69.8 Å². The van der Waals surface area contributed by atoms with Gasteiger partial charge in [-0.1, -0.05) is 18.2 Å². The normalized spacial score (nSPS) is 19.6. The van der Waals surface area contributed by atoms with Gasteiger partial charge in [-0.05, 0) is 68.4 Å². The van der Waals surface area contributed by atoms with Crippen molar-refractivity contribution in [3.63, 3.8) is 0 Å². The van der Waals surface area contributed by atoms with Gasteiger partial charge in [0.2, 0.25) is 5.91 Å². The highest BCUT2D eigenvalue weighted by Gasteiger charge is 2.41. The molecule has 2 fully saturated rings. The van der Waals surface area contributed by atoms with Crippen molar-refractivity contribution < 1.29 is 13.9 Å². The van der Waals surface area contributed by atoms with Crippen molar-refractivity contribution >= 4 is 28.9 Å². The summed E-state index contributed by atoms with van der Waals surface area (Å²) in [4.78, 5) is 22.0. The van der Waals surface area contributed by atoms with Gasteiger partial charge >= 0.3 is 0 Å². The van der Waals surface area contributed by atoms with Gasteiger partial charge in [0.1, 0.15) is 5.82 Å². The second-order valence-corrected chi connectivity index (χ2v) is 10.8. The number of hydrogen-bond acceptors (Lipinski definition) is 5. The predicted octanol–water partition coefficient (Wildman–Crippen LogP) is 4.36. The number of morpholine rings is 1. The van der Waals surface area contributed by atoms with Crippen LogP contribution >= 0.6 is 12.2 Å². The second kappa shape index (κ2) is 12.9. The van der Waals surface area contributed by atoms with E-state index < -0.39 is 5.82 Å². The topological polar surface area (TPSA) is 74.7 Å². The van der Waals surface area contributed by atoms with Crippen LogP contribution in [-0.2, 0) is 16.1 Å². The highest BCUT2D eigenvalue weighted by atomic mass is 32.1. The van der Waals surface area contributed by atoms with E-state index in [9.17, 15) is 9.18 Å². The molecule has 2 N–H and O–H groups in total. The van der Waals surface area contributed by atoms with Crippen molar-refractivity contribution in [3.05, 3.63) is 83.2 Å². The second-order valence-electron chi connectivity index (χ2n) is 10.4. The van der Waals surface area contributed by atoms with Crippen LogP contribution < -0.4 is 10.6 Å². The monoisotopic (exact) mass is 564 g/mol. The zero-order valence-electron chi connectivity index (χ0n) is 23.1. The first-order valence-corrected chi connectivity index (χ1v) is 14.3. The van der Waals surface area contributed by atoms with Crippen molar-refractivity contribution in [2.75, 3.05) is 44.7 Å². The molecule has 2 aliphatic heterocycles. The van der Waals surface area contributed by atoms with Gasteiger partial charge in [0.25, 0.3) is 0 Å². The van der Waals surface area contributed by atoms with Crippen LogP contribution in [0, 0.1) is 19.7 Å². The van der Waals surface area contributed by atoms with Crippen molar-refractivity contribution in [3.8, 4) is 0 Å². The smallest absolute Gasteiger partial charge is 0.226 e. The molecule has 8 nitrogen and oxygen atoms in total. The number of nitrogens with zero attached hydrogens (tertiary/aromatic N) is 4. The van der Waals surface area contributed by atoms with Crippen LogP contribution in [0.1, 0.15) is 47.6 Å². The standard InChI is InChI=1S/C30H37FN6O2S/c1-21-20-23(22(2)36(21)14-7-13-35-16-18-39-19-17-35)29-28(26-10-5-6-12-32-26)34-30(40)37(29)15-11-27(38)33-25-9-4-3-8-24(25)31/h3-6,8-10,12,20,28-29H,7,11,13-19H2,1-2H3,(H,33,38)(H,34,40)/t28-,29-/m0/s1. The number of ether oxygens (including phenoxy) is 1. The van der Waals surface area contributed by atoms with E-state index in [-0.39, 0.29) is 30.1 Å². The van der Waals surface area contributed by atoms with Crippen LogP contribution in [0.25, 0.3) is 0 Å². The van der Waals surface area contributed by atoms with Gasteiger partial charge in [0.15, 0.2) is 5.11 Å². The Kier molecular flexibility index (Phi) is 9.08. The summed E-state index contributed by atoms with van der Waals surface area (Å²) in [7, 11) is 0. The molecule has 2 aromatic heterocycles. The van der Waals surface area contributed by atoms with Gasteiger partial charge < -0.3 is 24.8 Å². The Morgan fingerprint density at radius 1 is 1.12 bits per heavy atom. The fourth-order valence-corrected chi connectivity index (χ4v) is 6.06. The predicted molar refractivity (Wildman–Crippen MR) is 158 cm³/mol. The van der Waals surface area contributed by atoms with E-state index in [1.54, 1.807) is 24.4 Å². The number of hydrogen-bond donors (Lipinski definition) is 2. The molecular weight excluding hydrogens is 527 g/mol. The summed E-state index contributed by atoms with van der Waals surface area (Å²) in [6.07, 6.45) is 3.01. The number of amides is 1. The molecule has 1 amide bonds. The molecule has 10 heteroatoms. The number of benzene rings is 1. The molecule has 5 rings (SSSR count). The van der Waals surface area contributed by atoms with Crippen molar-refractivity contribution in [1.29, 1.82) is 0 Å². The Morgan fingerprint density at radius 2 is 1.90 bits per heavy atom. The number of rotatable bonds is 10. The lowest BCUT2D eigenvalue weighted by Gasteiger charge is -2.28. The zero-order chi connectivity index (χ0) is 28.1. The van der Waals surface area contributed by atoms with Crippen LogP contribution in [0.5, 0.6) is 0 Å². The highest BCUT2D eigenvalue weighted by molar-refractivity contribution is 7.80. The number of nitrogens with one attached hydrogen (secondary N) is 2. The average molecular weight is 565 g/mol. The Balaban J connectivity index is 1.35. The number of para-hydroxylation sites is 1. The van der Waals surface area contributed by atoms with Gasteiger partial charge in [-0.3, -0.25) is 14.7 Å². The summed E-state index contributed by atoms with van der Waals surface area (Å²) in [5, 5.41) is 6.74. The number of pyridine rings is 1. The van der Waals surface area contributed by atoms with Gasteiger partial charge in [-0.25, -0.2) is 4.39 Å². The average Bonchev–Trinajstić information content (AvgIpc) is 3.44. The third kappa shape index (κ3) is 6.35. The van der Waals surface area contributed by atoms with E-state index in [2.05, 4.69) is 49.9 Å². The lowest BCUT2D eigenvalue weighted by Crippen LogP contribution is -2.37. The number of aromatic nitrogens is 2. The molecular formula is C30H37FN6O2S. The lowest BCUT2D eigenvalue weighted by molar-refractivity contribution is -0.116. The van der Waals surface area contributed by atoms with Crippen molar-refractivity contribution in [1.82, 2.24) is 24.7 Å². The van der Waals surface area contributed by atoms with E-state index in [1.165, 1.54) is 23.0 Å². The molecule has 0 unspecified atom stereocenters. The molecule has 40 heavy (non-hydrogen) atoms. The third-order valence-electron chi connectivity index (χ3n) is 7.82. The SMILES string of the molecule is Cc1cc([C@H]2[C@H](c3ccccn3)NC(=S)N2CCC(=O)Nc2ccccc2F)c(C)n1CCCN1CCOCC1. The molecule has 2 saturated heterocycles. The van der Waals surface area contributed by atoms with E-state index >= 15 is 0 Å². The number of anilines is 1. The fraction of sp³-hybridized carbons (Fsp3) is 0.433. The molecule has 0 radical (unpaired) electrons. The number of halogens is 1. The highest BCUT2D eigenvalue weighted by Crippen LogP contribution is 2.41. The molecule has 0 saturated carbocycles. The zero-order valence-corrected chi connectivity index (χ0v) is 23.9. The molecule has 0 spiro atoms. The summed E-state index contributed by atoms with van der Waals surface area (Å²) in [6, 6.07) is 14.0. The number of thiocarbonyl (C=S) groups is 1. The van der Waals surface area contributed by atoms with Gasteiger partial charge in [0.05, 0.1) is 36.7 Å². The summed E-state index contributed by atoms with van der Waals surface area (Å²) >= 11 is 5.80. The van der Waals surface area contributed by atoms with Gasteiger partial charge in [0, 0.05) is 56.7 Å². The molecule has 4 heterocycles. The maximum atomic E-state index is 14.1. The molecule has 1 aromatic carbocycles. The first kappa shape index (κ1) is 28.2. The summed E-state index contributed by atoms with van der Waals surface area (Å²) in [5.74, 6) is -0.718. The summed E-state index contributed by atoms with van der Waals surface area (Å²) in [6.45, 7) is 10.3.